The van der Waals surface area contributed by atoms with Gasteiger partial charge in [-0.2, -0.15) is 9.97 Å². The van der Waals surface area contributed by atoms with Gasteiger partial charge in [0, 0.05) is 18.5 Å². The van der Waals surface area contributed by atoms with Crippen LogP contribution in [0.25, 0.3) is 11.1 Å². The molecular formula is C21H25N3O3. The van der Waals surface area contributed by atoms with Gasteiger partial charge in [0.05, 0.1) is 0 Å². The van der Waals surface area contributed by atoms with Crippen LogP contribution in [0.1, 0.15) is 42.1 Å². The monoisotopic (exact) mass is 367 g/mol. The number of aryl methyl sites for hydroxylation is 4. The topological polar surface area (TPSA) is 77.2 Å². The molecule has 0 fully saturated rings. The molecule has 1 N–H and O–H groups in total. The summed E-state index contributed by atoms with van der Waals surface area (Å²) in [6.07, 6.45) is 1.66. The second-order valence-electron chi connectivity index (χ2n) is 6.50. The number of nitrogens with one attached hydrogen (secondary N) is 1. The van der Waals surface area contributed by atoms with Gasteiger partial charge in [0.15, 0.2) is 6.61 Å². The lowest BCUT2D eigenvalue weighted by atomic mass is 10.1. The first kappa shape index (κ1) is 18.9. The lowest BCUT2D eigenvalue weighted by Gasteiger charge is -2.09. The molecule has 6 heteroatoms. The van der Waals surface area contributed by atoms with Gasteiger partial charge in [0.2, 0.25) is 11.6 Å². The van der Waals surface area contributed by atoms with Gasteiger partial charge in [0.1, 0.15) is 17.0 Å². The fraction of sp³-hybridized carbons (Fsp3) is 0.381. The van der Waals surface area contributed by atoms with Gasteiger partial charge in [-0.1, -0.05) is 38.1 Å². The zero-order chi connectivity index (χ0) is 19.4. The van der Waals surface area contributed by atoms with E-state index < -0.39 is 0 Å². The Morgan fingerprint density at radius 2 is 1.78 bits per heavy atom. The SMILES string of the molecule is CCc1ccc(CNC(=O)COc2nc(CC)nc3oc(C)c(C)c23)cc1. The van der Waals surface area contributed by atoms with Gasteiger partial charge in [-0.3, -0.25) is 4.79 Å². The highest BCUT2D eigenvalue weighted by molar-refractivity contribution is 5.84. The predicted octanol–water partition coefficient (Wildman–Crippen LogP) is 3.66. The Labute approximate surface area is 159 Å². The molecule has 0 saturated heterocycles. The maximum absolute atomic E-state index is 12.2. The second-order valence-corrected chi connectivity index (χ2v) is 6.50. The Morgan fingerprint density at radius 1 is 1.07 bits per heavy atom. The third-order valence-corrected chi connectivity index (χ3v) is 4.62. The summed E-state index contributed by atoms with van der Waals surface area (Å²) in [5, 5.41) is 3.60. The summed E-state index contributed by atoms with van der Waals surface area (Å²) in [7, 11) is 0. The number of rotatable bonds is 7. The molecule has 0 radical (unpaired) electrons. The molecule has 0 aliphatic rings. The molecule has 2 aromatic heterocycles. The van der Waals surface area contributed by atoms with Crippen LogP contribution in [0.2, 0.25) is 0 Å². The van der Waals surface area contributed by atoms with Crippen molar-refractivity contribution in [1.82, 2.24) is 15.3 Å². The normalized spacial score (nSPS) is 11.0. The fourth-order valence-corrected chi connectivity index (χ4v) is 2.80. The van der Waals surface area contributed by atoms with Crippen LogP contribution in [-0.4, -0.2) is 22.5 Å². The van der Waals surface area contributed by atoms with Crippen LogP contribution >= 0.6 is 0 Å². The number of carbonyl (C=O) groups excluding carboxylic acids is 1. The Morgan fingerprint density at radius 3 is 2.44 bits per heavy atom. The molecule has 0 unspecified atom stereocenters. The van der Waals surface area contributed by atoms with Gasteiger partial charge in [-0.05, 0) is 31.4 Å². The number of fused-ring (bicyclic) bond motifs is 1. The zero-order valence-corrected chi connectivity index (χ0v) is 16.3. The standard InChI is InChI=1S/C21H25N3O3/c1-5-15-7-9-16(10-8-15)11-22-18(25)12-26-20-19-13(3)14(4)27-21(19)24-17(6-2)23-20/h7-10H,5-6,11-12H2,1-4H3,(H,22,25). The zero-order valence-electron chi connectivity index (χ0n) is 16.3. The molecule has 0 bridgehead atoms. The second kappa shape index (κ2) is 8.20. The third kappa shape index (κ3) is 4.27. The molecule has 1 amide bonds. The van der Waals surface area contributed by atoms with Crippen molar-refractivity contribution in [3.63, 3.8) is 0 Å². The van der Waals surface area contributed by atoms with Crippen molar-refractivity contribution in [3.05, 3.63) is 52.5 Å². The molecule has 142 valence electrons. The number of amides is 1. The average Bonchev–Trinajstić information content (AvgIpc) is 2.98. The Balaban J connectivity index is 1.65. The van der Waals surface area contributed by atoms with Crippen LogP contribution in [-0.2, 0) is 24.2 Å². The Bertz CT molecular complexity index is 945. The van der Waals surface area contributed by atoms with Gasteiger partial charge in [-0.15, -0.1) is 0 Å². The first-order chi connectivity index (χ1) is 13.0. The van der Waals surface area contributed by atoms with Gasteiger partial charge >= 0.3 is 0 Å². The minimum atomic E-state index is -0.197. The highest BCUT2D eigenvalue weighted by atomic mass is 16.5. The number of carbonyl (C=O) groups is 1. The van der Waals surface area contributed by atoms with Crippen molar-refractivity contribution in [2.24, 2.45) is 0 Å². The van der Waals surface area contributed by atoms with Gasteiger partial charge < -0.3 is 14.5 Å². The van der Waals surface area contributed by atoms with Crippen LogP contribution in [0.5, 0.6) is 5.88 Å². The molecule has 0 aliphatic heterocycles. The summed E-state index contributed by atoms with van der Waals surface area (Å²) >= 11 is 0. The number of nitrogens with zero attached hydrogens (tertiary/aromatic N) is 2. The number of benzene rings is 1. The minimum Gasteiger partial charge on any atom is -0.467 e. The summed E-state index contributed by atoms with van der Waals surface area (Å²) in [4.78, 5) is 21.0. The lowest BCUT2D eigenvalue weighted by molar-refractivity contribution is -0.123. The highest BCUT2D eigenvalue weighted by Gasteiger charge is 2.17. The molecule has 6 nitrogen and oxygen atoms in total. The maximum Gasteiger partial charge on any atom is 0.258 e. The van der Waals surface area contributed by atoms with E-state index in [-0.39, 0.29) is 12.5 Å². The molecule has 1 aromatic carbocycles. The summed E-state index contributed by atoms with van der Waals surface area (Å²) in [5.74, 6) is 1.60. The van der Waals surface area contributed by atoms with Crippen molar-refractivity contribution < 1.29 is 13.9 Å². The number of hydrogen-bond acceptors (Lipinski definition) is 5. The van der Waals surface area contributed by atoms with E-state index in [1.54, 1.807) is 0 Å². The van der Waals surface area contributed by atoms with Crippen LogP contribution < -0.4 is 10.1 Å². The number of aromatic nitrogens is 2. The Hall–Kier alpha value is -2.89. The summed E-state index contributed by atoms with van der Waals surface area (Å²) in [5.41, 5.74) is 3.76. The molecule has 0 spiro atoms. The summed E-state index contributed by atoms with van der Waals surface area (Å²) in [6, 6.07) is 8.20. The molecule has 3 aromatic rings. The smallest absolute Gasteiger partial charge is 0.258 e. The van der Waals surface area contributed by atoms with E-state index in [1.165, 1.54) is 5.56 Å². The van der Waals surface area contributed by atoms with E-state index in [0.717, 1.165) is 28.7 Å². The molecule has 3 rings (SSSR count). The molecule has 27 heavy (non-hydrogen) atoms. The number of hydrogen-bond donors (Lipinski definition) is 1. The number of ether oxygens (including phenoxy) is 1. The fourth-order valence-electron chi connectivity index (χ4n) is 2.80. The largest absolute Gasteiger partial charge is 0.467 e. The predicted molar refractivity (Wildman–Crippen MR) is 104 cm³/mol. The first-order valence-electron chi connectivity index (χ1n) is 9.25. The Kier molecular flexibility index (Phi) is 5.74. The molecule has 0 atom stereocenters. The lowest BCUT2D eigenvalue weighted by Crippen LogP contribution is -2.28. The van der Waals surface area contributed by atoms with Crippen molar-refractivity contribution in [2.45, 2.75) is 47.1 Å². The first-order valence-corrected chi connectivity index (χ1v) is 9.25. The molecule has 0 saturated carbocycles. The minimum absolute atomic E-state index is 0.105. The molecule has 0 aliphatic carbocycles. The van der Waals surface area contributed by atoms with Crippen molar-refractivity contribution in [3.8, 4) is 5.88 Å². The van der Waals surface area contributed by atoms with E-state index in [2.05, 4.69) is 34.3 Å². The van der Waals surface area contributed by atoms with Gasteiger partial charge in [-0.25, -0.2) is 0 Å². The highest BCUT2D eigenvalue weighted by Crippen LogP contribution is 2.30. The van der Waals surface area contributed by atoms with Crippen LogP contribution in [0.4, 0.5) is 0 Å². The third-order valence-electron chi connectivity index (χ3n) is 4.62. The van der Waals surface area contributed by atoms with Crippen LogP contribution in [0, 0.1) is 13.8 Å². The van der Waals surface area contributed by atoms with Crippen molar-refractivity contribution in [1.29, 1.82) is 0 Å². The quantitative estimate of drug-likeness (QED) is 0.689. The van der Waals surface area contributed by atoms with E-state index in [4.69, 9.17) is 9.15 Å². The number of furan rings is 1. The van der Waals surface area contributed by atoms with E-state index in [9.17, 15) is 4.79 Å². The average molecular weight is 367 g/mol. The molecular weight excluding hydrogens is 342 g/mol. The van der Waals surface area contributed by atoms with E-state index in [0.29, 0.717) is 30.4 Å². The van der Waals surface area contributed by atoms with Crippen molar-refractivity contribution in [2.75, 3.05) is 6.61 Å². The van der Waals surface area contributed by atoms with E-state index in [1.807, 2.05) is 32.9 Å². The van der Waals surface area contributed by atoms with Crippen LogP contribution in [0.15, 0.2) is 28.7 Å². The van der Waals surface area contributed by atoms with E-state index >= 15 is 0 Å². The maximum atomic E-state index is 12.2. The molecule has 2 heterocycles. The van der Waals surface area contributed by atoms with Crippen molar-refractivity contribution >= 4 is 17.0 Å². The summed E-state index contributed by atoms with van der Waals surface area (Å²) < 4.78 is 11.4. The van der Waals surface area contributed by atoms with Gasteiger partial charge in [0.25, 0.3) is 5.91 Å². The van der Waals surface area contributed by atoms with Crippen LogP contribution in [0.3, 0.4) is 0 Å². The summed E-state index contributed by atoms with van der Waals surface area (Å²) in [6.45, 7) is 8.25.